The minimum Gasteiger partial charge on any atom is -0.385 e. The lowest BCUT2D eigenvalue weighted by Gasteiger charge is -2.30. The second-order valence-electron chi connectivity index (χ2n) is 5.96. The second-order valence-corrected chi connectivity index (χ2v) is 5.96. The first-order valence-electron chi connectivity index (χ1n) is 7.17. The van der Waals surface area contributed by atoms with E-state index in [-0.39, 0.29) is 0 Å². The van der Waals surface area contributed by atoms with Crippen molar-refractivity contribution in [2.45, 2.75) is 46.1 Å². The molecule has 0 aromatic heterocycles. The molecule has 0 fully saturated rings. The van der Waals surface area contributed by atoms with Gasteiger partial charge < -0.3 is 10.2 Å². The molecule has 0 bridgehead atoms. The van der Waals surface area contributed by atoms with Crippen molar-refractivity contribution in [3.63, 3.8) is 0 Å². The topological polar surface area (TPSA) is 15.3 Å². The van der Waals surface area contributed by atoms with Crippen LogP contribution in [0.2, 0.25) is 0 Å². The van der Waals surface area contributed by atoms with Crippen molar-refractivity contribution in [1.29, 1.82) is 0 Å². The summed E-state index contributed by atoms with van der Waals surface area (Å²) in [6, 6.07) is 7.44. The summed E-state index contributed by atoms with van der Waals surface area (Å²) in [4.78, 5) is 2.41. The van der Waals surface area contributed by atoms with E-state index in [9.17, 15) is 0 Å². The van der Waals surface area contributed by atoms with Gasteiger partial charge in [-0.1, -0.05) is 13.8 Å². The summed E-state index contributed by atoms with van der Waals surface area (Å²) in [5, 5.41) is 3.47. The number of nitrogens with one attached hydrogen (secondary N) is 1. The first kappa shape index (κ1) is 13.3. The number of anilines is 2. The molecule has 0 aliphatic carbocycles. The summed E-state index contributed by atoms with van der Waals surface area (Å²) in [6.07, 6.45) is 3.70. The molecule has 2 heteroatoms. The molecule has 18 heavy (non-hydrogen) atoms. The average Bonchev–Trinajstić information content (AvgIpc) is 2.36. The number of hydrogen-bond acceptors (Lipinski definition) is 2. The van der Waals surface area contributed by atoms with Gasteiger partial charge in [0, 0.05) is 31.0 Å². The van der Waals surface area contributed by atoms with E-state index >= 15 is 0 Å². The molecule has 1 atom stereocenters. The Balaban J connectivity index is 2.12. The highest BCUT2D eigenvalue weighted by molar-refractivity contribution is 5.61. The van der Waals surface area contributed by atoms with Crippen LogP contribution in [0.15, 0.2) is 18.2 Å². The van der Waals surface area contributed by atoms with Crippen LogP contribution in [0.1, 0.15) is 39.2 Å². The summed E-state index contributed by atoms with van der Waals surface area (Å²) in [6.45, 7) is 8.02. The maximum atomic E-state index is 3.47. The number of aryl methyl sites for hydroxylation is 1. The standard InChI is InChI=1S/C16H26N2/c1-12(2)10-13(3)18(4)15-7-8-16-14(11-15)6-5-9-17-16/h7-8,11-13,17H,5-6,9-10H2,1-4H3. The van der Waals surface area contributed by atoms with E-state index in [1.807, 2.05) is 0 Å². The third kappa shape index (κ3) is 2.98. The van der Waals surface area contributed by atoms with E-state index < -0.39 is 0 Å². The fourth-order valence-electron chi connectivity index (χ4n) is 2.78. The Bertz CT molecular complexity index is 398. The van der Waals surface area contributed by atoms with Crippen molar-refractivity contribution >= 4 is 11.4 Å². The van der Waals surface area contributed by atoms with Crippen molar-refractivity contribution in [2.75, 3.05) is 23.8 Å². The maximum Gasteiger partial charge on any atom is 0.0374 e. The van der Waals surface area contributed by atoms with Crippen LogP contribution < -0.4 is 10.2 Å². The van der Waals surface area contributed by atoms with Crippen LogP contribution in [0.4, 0.5) is 11.4 Å². The van der Waals surface area contributed by atoms with E-state index in [0.29, 0.717) is 6.04 Å². The average molecular weight is 246 g/mol. The fraction of sp³-hybridized carbons (Fsp3) is 0.625. The molecule has 1 unspecified atom stereocenters. The quantitative estimate of drug-likeness (QED) is 0.866. The second kappa shape index (κ2) is 5.64. The molecule has 1 N–H and O–H groups in total. The lowest BCUT2D eigenvalue weighted by molar-refractivity contribution is 0.504. The Morgan fingerprint density at radius 3 is 2.78 bits per heavy atom. The fourth-order valence-corrected chi connectivity index (χ4v) is 2.78. The molecule has 0 saturated carbocycles. The number of hydrogen-bond donors (Lipinski definition) is 1. The summed E-state index contributed by atoms with van der Waals surface area (Å²) in [5.41, 5.74) is 4.16. The Hall–Kier alpha value is -1.18. The molecular formula is C16H26N2. The van der Waals surface area contributed by atoms with Gasteiger partial charge in [0.05, 0.1) is 0 Å². The van der Waals surface area contributed by atoms with Gasteiger partial charge in [0.25, 0.3) is 0 Å². The molecule has 2 rings (SSSR count). The molecule has 100 valence electrons. The Kier molecular flexibility index (Phi) is 4.15. The predicted octanol–water partition coefficient (Wildman–Crippen LogP) is 3.92. The van der Waals surface area contributed by atoms with Crippen LogP contribution in [-0.4, -0.2) is 19.6 Å². The van der Waals surface area contributed by atoms with Gasteiger partial charge in [0.2, 0.25) is 0 Å². The first-order chi connectivity index (χ1) is 8.58. The van der Waals surface area contributed by atoms with Crippen LogP contribution in [0.5, 0.6) is 0 Å². The van der Waals surface area contributed by atoms with E-state index in [1.165, 1.54) is 36.2 Å². The first-order valence-corrected chi connectivity index (χ1v) is 7.17. The Labute approximate surface area is 111 Å². The van der Waals surface area contributed by atoms with Crippen molar-refractivity contribution in [2.24, 2.45) is 5.92 Å². The SMILES string of the molecule is CC(C)CC(C)N(C)c1ccc2c(c1)CCCN2. The zero-order chi connectivity index (χ0) is 13.1. The molecule has 2 nitrogen and oxygen atoms in total. The molecule has 0 radical (unpaired) electrons. The Morgan fingerprint density at radius 2 is 2.06 bits per heavy atom. The summed E-state index contributed by atoms with van der Waals surface area (Å²) in [7, 11) is 2.21. The lowest BCUT2D eigenvalue weighted by Crippen LogP contribution is -2.30. The zero-order valence-electron chi connectivity index (χ0n) is 12.2. The summed E-state index contributed by atoms with van der Waals surface area (Å²) >= 11 is 0. The number of benzene rings is 1. The molecule has 1 aliphatic heterocycles. The monoisotopic (exact) mass is 246 g/mol. The highest BCUT2D eigenvalue weighted by Gasteiger charge is 2.14. The molecule has 0 amide bonds. The van der Waals surface area contributed by atoms with E-state index in [0.717, 1.165) is 12.5 Å². The number of fused-ring (bicyclic) bond motifs is 1. The predicted molar refractivity (Wildman–Crippen MR) is 80.6 cm³/mol. The normalized spacial score (nSPS) is 16.1. The van der Waals surface area contributed by atoms with Gasteiger partial charge in [-0.15, -0.1) is 0 Å². The molecular weight excluding hydrogens is 220 g/mol. The molecule has 0 saturated heterocycles. The number of rotatable bonds is 4. The third-order valence-corrected chi connectivity index (χ3v) is 3.91. The van der Waals surface area contributed by atoms with Gasteiger partial charge in [-0.05, 0) is 55.9 Å². The smallest absolute Gasteiger partial charge is 0.0374 e. The summed E-state index contributed by atoms with van der Waals surface area (Å²) in [5.74, 6) is 0.752. The maximum absolute atomic E-state index is 3.47. The summed E-state index contributed by atoms with van der Waals surface area (Å²) < 4.78 is 0. The van der Waals surface area contributed by atoms with Crippen molar-refractivity contribution in [3.05, 3.63) is 23.8 Å². The van der Waals surface area contributed by atoms with Crippen molar-refractivity contribution in [3.8, 4) is 0 Å². The van der Waals surface area contributed by atoms with Crippen LogP contribution in [0.25, 0.3) is 0 Å². The third-order valence-electron chi connectivity index (χ3n) is 3.91. The Morgan fingerprint density at radius 1 is 1.28 bits per heavy atom. The molecule has 1 aromatic rings. The lowest BCUT2D eigenvalue weighted by atomic mass is 10.0. The molecule has 0 spiro atoms. The molecule has 1 aliphatic rings. The van der Waals surface area contributed by atoms with Gasteiger partial charge in [-0.2, -0.15) is 0 Å². The van der Waals surface area contributed by atoms with Gasteiger partial charge in [0.15, 0.2) is 0 Å². The van der Waals surface area contributed by atoms with Crippen LogP contribution >= 0.6 is 0 Å². The highest BCUT2D eigenvalue weighted by Crippen LogP contribution is 2.28. The minimum absolute atomic E-state index is 0.597. The zero-order valence-corrected chi connectivity index (χ0v) is 12.2. The van der Waals surface area contributed by atoms with Crippen molar-refractivity contribution in [1.82, 2.24) is 0 Å². The largest absolute Gasteiger partial charge is 0.385 e. The van der Waals surface area contributed by atoms with E-state index in [4.69, 9.17) is 0 Å². The van der Waals surface area contributed by atoms with Crippen LogP contribution in [0.3, 0.4) is 0 Å². The minimum atomic E-state index is 0.597. The van der Waals surface area contributed by atoms with Crippen LogP contribution in [-0.2, 0) is 6.42 Å². The van der Waals surface area contributed by atoms with Gasteiger partial charge in [0.1, 0.15) is 0 Å². The van der Waals surface area contributed by atoms with E-state index in [1.54, 1.807) is 0 Å². The number of nitrogens with zero attached hydrogens (tertiary/aromatic N) is 1. The van der Waals surface area contributed by atoms with Gasteiger partial charge in [-0.3, -0.25) is 0 Å². The van der Waals surface area contributed by atoms with E-state index in [2.05, 4.69) is 56.2 Å². The van der Waals surface area contributed by atoms with Crippen LogP contribution in [0, 0.1) is 5.92 Å². The van der Waals surface area contributed by atoms with Crippen molar-refractivity contribution < 1.29 is 0 Å². The molecule has 1 heterocycles. The van der Waals surface area contributed by atoms with Gasteiger partial charge in [-0.25, -0.2) is 0 Å². The highest BCUT2D eigenvalue weighted by atomic mass is 15.1. The van der Waals surface area contributed by atoms with Gasteiger partial charge >= 0.3 is 0 Å². The molecule has 1 aromatic carbocycles.